The lowest BCUT2D eigenvalue weighted by Crippen LogP contribution is -2.47. The van der Waals surface area contributed by atoms with Gasteiger partial charge in [0.05, 0.1) is 6.54 Å². The van der Waals surface area contributed by atoms with Crippen LogP contribution in [-0.2, 0) is 12.1 Å². The van der Waals surface area contributed by atoms with Gasteiger partial charge in [0.15, 0.2) is 5.78 Å². The van der Waals surface area contributed by atoms with E-state index in [0.717, 1.165) is 37.7 Å². The first-order valence-corrected chi connectivity index (χ1v) is 10.8. The maximum atomic E-state index is 13.0. The largest absolute Gasteiger partial charge is 0.384 e. The molecular formula is C22H29ClN4O3. The summed E-state index contributed by atoms with van der Waals surface area (Å²) < 4.78 is 1.26. The number of rotatable bonds is 7. The van der Waals surface area contributed by atoms with Crippen LogP contribution < -0.4 is 22.3 Å². The lowest BCUT2D eigenvalue weighted by Gasteiger charge is -2.39. The maximum Gasteiger partial charge on any atom is 0.329 e. The standard InChI is InChI=1S/C22H29ClN4O3/c1-14(2)13-27-19(24)18(20(29)26-21(27)30)17(28)12-25-22(10-4-3-5-11-22)15-6-8-16(23)9-7-15/h6-9,14,25H,3-5,10-13,24H2,1-2H3,(H,26,29,30). The van der Waals surface area contributed by atoms with Crippen molar-refractivity contribution in [1.29, 1.82) is 0 Å². The van der Waals surface area contributed by atoms with Gasteiger partial charge in [-0.2, -0.15) is 0 Å². The topological polar surface area (TPSA) is 110 Å². The Kier molecular flexibility index (Phi) is 6.83. The van der Waals surface area contributed by atoms with Crippen LogP contribution in [0, 0.1) is 5.92 Å². The number of nitrogens with one attached hydrogen (secondary N) is 2. The van der Waals surface area contributed by atoms with E-state index in [0.29, 0.717) is 11.6 Å². The molecule has 1 fully saturated rings. The van der Waals surface area contributed by atoms with Crippen LogP contribution in [0.4, 0.5) is 5.82 Å². The van der Waals surface area contributed by atoms with E-state index < -0.39 is 17.0 Å². The number of aromatic nitrogens is 2. The summed E-state index contributed by atoms with van der Waals surface area (Å²) in [4.78, 5) is 39.7. The number of aromatic amines is 1. The lowest BCUT2D eigenvalue weighted by atomic mass is 9.76. The van der Waals surface area contributed by atoms with Gasteiger partial charge in [0.25, 0.3) is 5.56 Å². The molecule has 162 valence electrons. The molecule has 0 bridgehead atoms. The van der Waals surface area contributed by atoms with Crippen molar-refractivity contribution in [3.05, 3.63) is 61.3 Å². The summed E-state index contributed by atoms with van der Waals surface area (Å²) in [7, 11) is 0. The number of benzene rings is 1. The molecule has 0 saturated heterocycles. The predicted octanol–water partition coefficient (Wildman–Crippen LogP) is 3.06. The Morgan fingerprint density at radius 3 is 2.43 bits per heavy atom. The van der Waals surface area contributed by atoms with Crippen LogP contribution in [0.25, 0.3) is 0 Å². The molecule has 1 saturated carbocycles. The Morgan fingerprint density at radius 1 is 1.20 bits per heavy atom. The Hall–Kier alpha value is -2.38. The van der Waals surface area contributed by atoms with Crippen LogP contribution in [-0.4, -0.2) is 21.9 Å². The average Bonchev–Trinajstić information content (AvgIpc) is 2.70. The van der Waals surface area contributed by atoms with Gasteiger partial charge in [-0.1, -0.05) is 56.8 Å². The van der Waals surface area contributed by atoms with Crippen LogP contribution in [0.5, 0.6) is 0 Å². The zero-order valence-electron chi connectivity index (χ0n) is 17.5. The molecule has 30 heavy (non-hydrogen) atoms. The number of nitrogens with two attached hydrogens (primary N) is 1. The molecule has 3 rings (SSSR count). The number of halogens is 1. The van der Waals surface area contributed by atoms with Crippen molar-refractivity contribution in [2.45, 2.75) is 58.0 Å². The number of carbonyl (C=O) groups excluding carboxylic acids is 1. The minimum atomic E-state index is -0.742. The van der Waals surface area contributed by atoms with Crippen LogP contribution in [0.3, 0.4) is 0 Å². The number of ketones is 1. The Labute approximate surface area is 180 Å². The maximum absolute atomic E-state index is 13.0. The fourth-order valence-electron chi connectivity index (χ4n) is 4.23. The smallest absolute Gasteiger partial charge is 0.329 e. The second kappa shape index (κ2) is 9.18. The molecular weight excluding hydrogens is 404 g/mol. The Balaban J connectivity index is 1.88. The summed E-state index contributed by atoms with van der Waals surface area (Å²) in [6, 6.07) is 7.66. The number of nitrogens with zero attached hydrogens (tertiary/aromatic N) is 1. The van der Waals surface area contributed by atoms with Gasteiger partial charge in [-0.25, -0.2) is 4.79 Å². The van der Waals surface area contributed by atoms with Crippen molar-refractivity contribution in [2.75, 3.05) is 12.3 Å². The molecule has 0 unspecified atom stereocenters. The highest BCUT2D eigenvalue weighted by molar-refractivity contribution is 6.30. The summed E-state index contributed by atoms with van der Waals surface area (Å²) in [5.74, 6) is -0.369. The number of nitrogen functional groups attached to an aromatic ring is 1. The Bertz CT molecular complexity index is 1020. The van der Waals surface area contributed by atoms with Crippen molar-refractivity contribution in [2.24, 2.45) is 5.92 Å². The molecule has 1 aliphatic rings. The van der Waals surface area contributed by atoms with Crippen LogP contribution in [0.2, 0.25) is 5.02 Å². The molecule has 1 heterocycles. The van der Waals surface area contributed by atoms with Crippen molar-refractivity contribution in [1.82, 2.24) is 14.9 Å². The number of hydrogen-bond donors (Lipinski definition) is 3. The fourth-order valence-corrected chi connectivity index (χ4v) is 4.36. The molecule has 0 atom stereocenters. The molecule has 0 amide bonds. The number of H-pyrrole nitrogens is 1. The van der Waals surface area contributed by atoms with Crippen LogP contribution in [0.15, 0.2) is 33.9 Å². The zero-order valence-corrected chi connectivity index (χ0v) is 18.2. The minimum Gasteiger partial charge on any atom is -0.384 e. The lowest BCUT2D eigenvalue weighted by molar-refractivity contribution is 0.0965. The molecule has 4 N–H and O–H groups in total. The third-order valence-electron chi connectivity index (χ3n) is 5.76. The molecule has 7 nitrogen and oxygen atoms in total. The summed E-state index contributed by atoms with van der Waals surface area (Å²) >= 11 is 6.05. The number of hydrogen-bond acceptors (Lipinski definition) is 5. The van der Waals surface area contributed by atoms with Crippen molar-refractivity contribution < 1.29 is 4.79 Å². The summed E-state index contributed by atoms with van der Waals surface area (Å²) in [6.45, 7) is 4.14. The normalized spacial score (nSPS) is 16.0. The SMILES string of the molecule is CC(C)Cn1c(N)c(C(=O)CNC2(c3ccc(Cl)cc3)CCCCC2)c(=O)[nH]c1=O. The van der Waals surface area contributed by atoms with Gasteiger partial charge in [0.1, 0.15) is 11.4 Å². The average molecular weight is 433 g/mol. The quantitative estimate of drug-likeness (QED) is 0.582. The first-order valence-electron chi connectivity index (χ1n) is 10.4. The van der Waals surface area contributed by atoms with Gasteiger partial charge in [0, 0.05) is 17.1 Å². The Morgan fingerprint density at radius 2 is 1.83 bits per heavy atom. The van der Waals surface area contributed by atoms with E-state index in [-0.39, 0.29) is 29.4 Å². The highest BCUT2D eigenvalue weighted by Gasteiger charge is 2.34. The molecule has 1 aromatic heterocycles. The third-order valence-corrected chi connectivity index (χ3v) is 6.01. The van der Waals surface area contributed by atoms with Gasteiger partial charge in [0.2, 0.25) is 0 Å². The van der Waals surface area contributed by atoms with Crippen molar-refractivity contribution >= 4 is 23.2 Å². The van der Waals surface area contributed by atoms with Gasteiger partial charge < -0.3 is 11.1 Å². The van der Waals surface area contributed by atoms with Crippen LogP contribution in [0.1, 0.15) is 61.9 Å². The van der Waals surface area contributed by atoms with Crippen LogP contribution >= 0.6 is 11.6 Å². The van der Waals surface area contributed by atoms with Crippen molar-refractivity contribution in [3.63, 3.8) is 0 Å². The van der Waals surface area contributed by atoms with E-state index in [1.807, 2.05) is 38.1 Å². The van der Waals surface area contributed by atoms with Crippen molar-refractivity contribution in [3.8, 4) is 0 Å². The molecule has 0 aliphatic heterocycles. The number of anilines is 1. The first kappa shape index (κ1) is 22.3. The summed E-state index contributed by atoms with van der Waals surface area (Å²) in [5.41, 5.74) is 5.30. The van der Waals surface area contributed by atoms with Gasteiger partial charge in [-0.3, -0.25) is 19.1 Å². The first-order chi connectivity index (χ1) is 14.2. The predicted molar refractivity (Wildman–Crippen MR) is 119 cm³/mol. The molecule has 2 aromatic rings. The summed E-state index contributed by atoms with van der Waals surface area (Å²) in [5, 5.41) is 4.07. The highest BCUT2D eigenvalue weighted by atomic mass is 35.5. The fraction of sp³-hybridized carbons (Fsp3) is 0.500. The molecule has 0 radical (unpaired) electrons. The molecule has 1 aromatic carbocycles. The molecule has 1 aliphatic carbocycles. The van der Waals surface area contributed by atoms with E-state index in [1.54, 1.807) is 0 Å². The summed E-state index contributed by atoms with van der Waals surface area (Å²) in [6.07, 6.45) is 5.02. The van der Waals surface area contributed by atoms with Gasteiger partial charge in [-0.15, -0.1) is 0 Å². The minimum absolute atomic E-state index is 0.0458. The van der Waals surface area contributed by atoms with E-state index in [9.17, 15) is 14.4 Å². The van der Waals surface area contributed by atoms with Gasteiger partial charge in [-0.05, 0) is 36.5 Å². The highest BCUT2D eigenvalue weighted by Crippen LogP contribution is 2.37. The molecule has 8 heteroatoms. The number of carbonyl (C=O) groups is 1. The van der Waals surface area contributed by atoms with E-state index in [2.05, 4.69) is 10.3 Å². The zero-order chi connectivity index (χ0) is 21.9. The molecule has 0 spiro atoms. The second-order valence-electron chi connectivity index (χ2n) is 8.45. The van der Waals surface area contributed by atoms with E-state index in [4.69, 9.17) is 17.3 Å². The monoisotopic (exact) mass is 432 g/mol. The van der Waals surface area contributed by atoms with E-state index in [1.165, 1.54) is 4.57 Å². The van der Waals surface area contributed by atoms with E-state index >= 15 is 0 Å². The third kappa shape index (κ3) is 4.68. The van der Waals surface area contributed by atoms with Gasteiger partial charge >= 0.3 is 5.69 Å². The number of Topliss-reactive ketones (excluding diaryl/α,β-unsaturated/α-hetero) is 1. The second-order valence-corrected chi connectivity index (χ2v) is 8.89.